The maximum absolute atomic E-state index is 13.0. The normalized spacial score (nSPS) is 29.1. The minimum atomic E-state index is -0.459. The van der Waals surface area contributed by atoms with E-state index in [0.717, 1.165) is 37.7 Å². The van der Waals surface area contributed by atoms with E-state index in [1.54, 1.807) is 0 Å². The highest BCUT2D eigenvalue weighted by Gasteiger charge is 2.51. The number of amides is 2. The van der Waals surface area contributed by atoms with Gasteiger partial charge in [-0.25, -0.2) is 0 Å². The van der Waals surface area contributed by atoms with Crippen molar-refractivity contribution >= 4 is 11.8 Å². The van der Waals surface area contributed by atoms with Crippen LogP contribution >= 0.6 is 0 Å². The van der Waals surface area contributed by atoms with Gasteiger partial charge in [-0.05, 0) is 79.4 Å². The molecule has 3 unspecified atom stereocenters. The van der Waals surface area contributed by atoms with Gasteiger partial charge in [0.25, 0.3) is 0 Å². The summed E-state index contributed by atoms with van der Waals surface area (Å²) in [6.45, 7) is 9.51. The Bertz CT molecular complexity index is 800. The lowest BCUT2D eigenvalue weighted by Crippen LogP contribution is -2.46. The Hall–Kier alpha value is -1.84. The van der Waals surface area contributed by atoms with Crippen LogP contribution in [0, 0.1) is 10.8 Å². The van der Waals surface area contributed by atoms with Gasteiger partial charge in [0.15, 0.2) is 0 Å². The number of carbonyl (C=O) groups excluding carboxylic acids is 2. The number of benzene rings is 1. The van der Waals surface area contributed by atoms with Crippen molar-refractivity contribution in [1.82, 2.24) is 10.2 Å². The number of nitrogens with one attached hydrogen (secondary N) is 1. The van der Waals surface area contributed by atoms with Gasteiger partial charge >= 0.3 is 11.8 Å². The van der Waals surface area contributed by atoms with Gasteiger partial charge in [-0.2, -0.15) is 0 Å². The highest BCUT2D eigenvalue weighted by atomic mass is 16.2. The Balaban J connectivity index is 1.43. The van der Waals surface area contributed by atoms with Gasteiger partial charge < -0.3 is 10.2 Å². The van der Waals surface area contributed by atoms with Crippen LogP contribution < -0.4 is 5.32 Å². The summed E-state index contributed by atoms with van der Waals surface area (Å²) >= 11 is 0. The quantitative estimate of drug-likeness (QED) is 0.781. The summed E-state index contributed by atoms with van der Waals surface area (Å²) in [5, 5.41) is 2.96. The first kappa shape index (κ1) is 19.5. The molecule has 4 rings (SSSR count). The number of aryl methyl sites for hydroxylation is 2. The molecule has 1 aromatic carbocycles. The van der Waals surface area contributed by atoms with Gasteiger partial charge in [-0.1, -0.05) is 39.0 Å². The van der Waals surface area contributed by atoms with E-state index in [9.17, 15) is 9.59 Å². The van der Waals surface area contributed by atoms with E-state index in [2.05, 4.69) is 44.3 Å². The summed E-state index contributed by atoms with van der Waals surface area (Å²) in [4.78, 5) is 27.6. The summed E-state index contributed by atoms with van der Waals surface area (Å²) in [5.74, 6) is -0.810. The van der Waals surface area contributed by atoms with Crippen LogP contribution in [0.1, 0.15) is 82.5 Å². The molecule has 0 radical (unpaired) electrons. The lowest BCUT2D eigenvalue weighted by atomic mass is 9.65. The van der Waals surface area contributed by atoms with E-state index < -0.39 is 5.91 Å². The molecule has 2 amide bonds. The van der Waals surface area contributed by atoms with Crippen molar-refractivity contribution in [3.05, 3.63) is 34.9 Å². The summed E-state index contributed by atoms with van der Waals surface area (Å²) in [6.07, 6.45) is 7.90. The fourth-order valence-electron chi connectivity index (χ4n) is 6.19. The first-order valence-electron chi connectivity index (χ1n) is 10.9. The molecule has 1 saturated carbocycles. The van der Waals surface area contributed by atoms with Crippen LogP contribution in [-0.4, -0.2) is 29.3 Å². The second kappa shape index (κ2) is 6.89. The zero-order chi connectivity index (χ0) is 20.1. The maximum Gasteiger partial charge on any atom is 0.312 e. The van der Waals surface area contributed by atoms with Gasteiger partial charge in [-0.15, -0.1) is 0 Å². The smallest absolute Gasteiger partial charge is 0.312 e. The summed E-state index contributed by atoms with van der Waals surface area (Å²) in [5.41, 5.74) is 4.31. The van der Waals surface area contributed by atoms with Crippen LogP contribution in [0.3, 0.4) is 0 Å². The minimum absolute atomic E-state index is 0.145. The topological polar surface area (TPSA) is 49.4 Å². The highest BCUT2D eigenvalue weighted by Crippen LogP contribution is 2.52. The number of likely N-dealkylation sites (tertiary alicyclic amines) is 1. The molecule has 2 aliphatic carbocycles. The molecule has 2 bridgehead atoms. The van der Waals surface area contributed by atoms with Crippen molar-refractivity contribution in [3.8, 4) is 0 Å². The zero-order valence-corrected chi connectivity index (χ0v) is 17.8. The molecule has 0 aromatic heterocycles. The van der Waals surface area contributed by atoms with Crippen LogP contribution in [0.2, 0.25) is 0 Å². The molecular formula is C24H34N2O2. The molecule has 3 aliphatic rings. The molecule has 2 fully saturated rings. The standard InChI is InChI=1S/C24H34N2O2/c1-16(18-10-9-17-7-5-6-8-19(17)11-18)25-21(27)22(28)26-15-24(4)13-20(26)12-23(2,3)14-24/h9-11,16,20H,5-8,12-15H2,1-4H3,(H,25,27). The van der Waals surface area contributed by atoms with Crippen LogP contribution in [0.25, 0.3) is 0 Å². The van der Waals surface area contributed by atoms with Crippen molar-refractivity contribution in [2.75, 3.05) is 6.54 Å². The first-order chi connectivity index (χ1) is 13.2. The van der Waals surface area contributed by atoms with E-state index >= 15 is 0 Å². The van der Waals surface area contributed by atoms with E-state index in [1.807, 2.05) is 11.8 Å². The van der Waals surface area contributed by atoms with E-state index in [-0.39, 0.29) is 28.8 Å². The molecule has 1 heterocycles. The van der Waals surface area contributed by atoms with Crippen molar-refractivity contribution in [2.45, 2.75) is 84.7 Å². The van der Waals surface area contributed by atoms with Crippen LogP contribution in [0.5, 0.6) is 0 Å². The summed E-state index contributed by atoms with van der Waals surface area (Å²) in [6, 6.07) is 6.56. The first-order valence-corrected chi connectivity index (χ1v) is 10.9. The van der Waals surface area contributed by atoms with E-state index in [0.29, 0.717) is 6.54 Å². The van der Waals surface area contributed by atoms with Crippen molar-refractivity contribution in [1.29, 1.82) is 0 Å². The van der Waals surface area contributed by atoms with Crippen molar-refractivity contribution in [3.63, 3.8) is 0 Å². The second-order valence-corrected chi connectivity index (χ2v) is 10.6. The predicted octanol–water partition coefficient (Wildman–Crippen LogP) is 4.17. The Kier molecular flexibility index (Phi) is 4.79. The third-order valence-electron chi connectivity index (χ3n) is 7.09. The predicted molar refractivity (Wildman–Crippen MR) is 111 cm³/mol. The molecule has 0 spiro atoms. The zero-order valence-electron chi connectivity index (χ0n) is 17.8. The molecule has 1 N–H and O–H groups in total. The minimum Gasteiger partial charge on any atom is -0.341 e. The van der Waals surface area contributed by atoms with E-state index in [1.165, 1.54) is 24.0 Å². The van der Waals surface area contributed by atoms with Crippen molar-refractivity contribution < 1.29 is 9.59 Å². The molecule has 1 saturated heterocycles. The lowest BCUT2D eigenvalue weighted by molar-refractivity contribution is -0.147. The number of carbonyl (C=O) groups is 2. The number of nitrogens with zero attached hydrogens (tertiary/aromatic N) is 1. The van der Waals surface area contributed by atoms with Gasteiger partial charge in [0.2, 0.25) is 0 Å². The van der Waals surface area contributed by atoms with Crippen LogP contribution in [0.4, 0.5) is 0 Å². The lowest BCUT2D eigenvalue weighted by Gasteiger charge is -2.39. The monoisotopic (exact) mass is 382 g/mol. The van der Waals surface area contributed by atoms with Gasteiger partial charge in [-0.3, -0.25) is 9.59 Å². The average molecular weight is 383 g/mol. The molecule has 1 aliphatic heterocycles. The summed E-state index contributed by atoms with van der Waals surface area (Å²) in [7, 11) is 0. The second-order valence-electron chi connectivity index (χ2n) is 10.6. The molecule has 1 aromatic rings. The molecule has 3 atom stereocenters. The fraction of sp³-hybridized carbons (Fsp3) is 0.667. The van der Waals surface area contributed by atoms with Gasteiger partial charge in [0.05, 0.1) is 6.04 Å². The molecule has 28 heavy (non-hydrogen) atoms. The third-order valence-corrected chi connectivity index (χ3v) is 7.09. The molecule has 152 valence electrons. The molecule has 4 nitrogen and oxygen atoms in total. The van der Waals surface area contributed by atoms with E-state index in [4.69, 9.17) is 0 Å². The Morgan fingerprint density at radius 1 is 1.11 bits per heavy atom. The average Bonchev–Trinajstić information content (AvgIpc) is 2.89. The van der Waals surface area contributed by atoms with Gasteiger partial charge in [0.1, 0.15) is 0 Å². The SMILES string of the molecule is CC(NC(=O)C(=O)N1CC2(C)CC1CC(C)(C)C2)c1ccc2c(c1)CCCC2. The summed E-state index contributed by atoms with van der Waals surface area (Å²) < 4.78 is 0. The number of hydrogen-bond acceptors (Lipinski definition) is 2. The highest BCUT2D eigenvalue weighted by molar-refractivity contribution is 6.35. The Morgan fingerprint density at radius 3 is 2.57 bits per heavy atom. The number of hydrogen-bond donors (Lipinski definition) is 1. The van der Waals surface area contributed by atoms with Crippen LogP contribution in [-0.2, 0) is 22.4 Å². The Morgan fingerprint density at radius 2 is 1.82 bits per heavy atom. The van der Waals surface area contributed by atoms with Crippen molar-refractivity contribution in [2.24, 2.45) is 10.8 Å². The molecule has 4 heteroatoms. The third kappa shape index (κ3) is 3.70. The Labute approximate surface area is 169 Å². The largest absolute Gasteiger partial charge is 0.341 e. The molecular weight excluding hydrogens is 348 g/mol. The number of rotatable bonds is 2. The van der Waals surface area contributed by atoms with Gasteiger partial charge in [0, 0.05) is 12.6 Å². The number of fused-ring (bicyclic) bond motifs is 3. The van der Waals surface area contributed by atoms with Crippen LogP contribution in [0.15, 0.2) is 18.2 Å². The fourth-order valence-corrected chi connectivity index (χ4v) is 6.19. The maximum atomic E-state index is 13.0.